The Bertz CT molecular complexity index is 890. The number of aromatic hydroxyl groups is 1. The van der Waals surface area contributed by atoms with Crippen LogP contribution in [0, 0.1) is 3.57 Å². The maximum absolute atomic E-state index is 10.9. The molecule has 2 nitrogen and oxygen atoms in total. The number of halogens is 1. The molecule has 1 aliphatic heterocycles. The number of nitrogens with zero attached hydrogens (tertiary/aromatic N) is 1. The maximum Gasteiger partial charge on any atom is 0.134 e. The van der Waals surface area contributed by atoms with Crippen molar-refractivity contribution in [3.05, 3.63) is 74.9 Å². The van der Waals surface area contributed by atoms with Gasteiger partial charge in [0.25, 0.3) is 0 Å². The highest BCUT2D eigenvalue weighted by atomic mass is 127. The molecule has 3 heteroatoms. The zero-order chi connectivity index (χ0) is 16.0. The van der Waals surface area contributed by atoms with Crippen LogP contribution in [0.3, 0.4) is 0 Å². The topological polar surface area (TPSA) is 23.5 Å². The van der Waals surface area contributed by atoms with Gasteiger partial charge in [0.2, 0.25) is 0 Å². The van der Waals surface area contributed by atoms with Gasteiger partial charge >= 0.3 is 0 Å². The van der Waals surface area contributed by atoms with Gasteiger partial charge in [-0.25, -0.2) is 0 Å². The van der Waals surface area contributed by atoms with E-state index in [9.17, 15) is 5.11 Å². The van der Waals surface area contributed by atoms with Gasteiger partial charge in [0, 0.05) is 12.1 Å². The molecule has 1 unspecified atom stereocenters. The molecule has 0 amide bonds. The summed E-state index contributed by atoms with van der Waals surface area (Å²) in [7, 11) is 2.15. The lowest BCUT2D eigenvalue weighted by molar-refractivity contribution is 0.261. The van der Waals surface area contributed by atoms with Crippen molar-refractivity contribution in [2.24, 2.45) is 0 Å². The fourth-order valence-electron chi connectivity index (χ4n) is 3.67. The molecule has 0 aliphatic carbocycles. The molecule has 0 radical (unpaired) electrons. The number of phenolic OH excluding ortho intramolecular Hbond substituents is 1. The second-order valence-electron chi connectivity index (χ2n) is 6.17. The molecule has 3 aromatic rings. The minimum Gasteiger partial charge on any atom is -0.506 e. The molecular weight excluding hydrogens is 397 g/mol. The summed E-state index contributed by atoms with van der Waals surface area (Å²) in [5, 5.41) is 13.2. The van der Waals surface area contributed by atoms with Crippen molar-refractivity contribution in [3.8, 4) is 5.75 Å². The van der Waals surface area contributed by atoms with Gasteiger partial charge < -0.3 is 5.11 Å². The van der Waals surface area contributed by atoms with Crippen molar-refractivity contribution in [1.82, 2.24) is 4.90 Å². The summed E-state index contributed by atoms with van der Waals surface area (Å²) < 4.78 is 0.910. The summed E-state index contributed by atoms with van der Waals surface area (Å²) in [5.41, 5.74) is 3.73. The third-order valence-electron chi connectivity index (χ3n) is 4.81. The van der Waals surface area contributed by atoms with Crippen LogP contribution in [0.4, 0.5) is 0 Å². The summed E-state index contributed by atoms with van der Waals surface area (Å²) in [6.45, 7) is 1.00. The van der Waals surface area contributed by atoms with Crippen LogP contribution in [-0.2, 0) is 6.42 Å². The fourth-order valence-corrected chi connectivity index (χ4v) is 4.30. The molecule has 0 fully saturated rings. The van der Waals surface area contributed by atoms with Crippen LogP contribution < -0.4 is 0 Å². The normalized spacial score (nSPS) is 18.1. The van der Waals surface area contributed by atoms with E-state index in [0.717, 1.165) is 27.5 Å². The van der Waals surface area contributed by atoms with Crippen molar-refractivity contribution in [2.45, 2.75) is 12.5 Å². The Balaban J connectivity index is 2.04. The second-order valence-corrected chi connectivity index (χ2v) is 7.34. The summed E-state index contributed by atoms with van der Waals surface area (Å²) in [5.74, 6) is 0.415. The Hall–Kier alpha value is -1.59. The number of fused-ring (bicyclic) bond motifs is 2. The minimum atomic E-state index is 0.0968. The van der Waals surface area contributed by atoms with Gasteiger partial charge in [-0.1, -0.05) is 48.5 Å². The number of rotatable bonds is 1. The molecule has 4 rings (SSSR count). The van der Waals surface area contributed by atoms with E-state index in [2.05, 4.69) is 83.1 Å². The van der Waals surface area contributed by atoms with E-state index in [-0.39, 0.29) is 6.04 Å². The van der Waals surface area contributed by atoms with E-state index >= 15 is 0 Å². The molecule has 1 aliphatic rings. The third kappa shape index (κ3) is 2.42. The summed E-state index contributed by atoms with van der Waals surface area (Å²) in [4.78, 5) is 2.35. The standard InChI is InChI=1S/C20H18INO/c1-22-11-10-13-6-2-5-9-16(13)19(22)18-15-8-4-3-7-14(15)12-17(21)20(18)23/h2-9,12,19,23H,10-11H2,1H3. The first-order chi connectivity index (χ1) is 11.2. The lowest BCUT2D eigenvalue weighted by Gasteiger charge is -2.36. The quantitative estimate of drug-likeness (QED) is 0.581. The van der Waals surface area contributed by atoms with Crippen molar-refractivity contribution in [3.63, 3.8) is 0 Å². The molecule has 1 N–H and O–H groups in total. The SMILES string of the molecule is CN1CCc2ccccc2C1c1c(O)c(I)cc2ccccc12. The highest BCUT2D eigenvalue weighted by Crippen LogP contribution is 2.43. The highest BCUT2D eigenvalue weighted by Gasteiger charge is 2.30. The molecular formula is C20H18INO. The van der Waals surface area contributed by atoms with Crippen LogP contribution in [-0.4, -0.2) is 23.6 Å². The van der Waals surface area contributed by atoms with Crippen LogP contribution in [0.2, 0.25) is 0 Å². The van der Waals surface area contributed by atoms with Gasteiger partial charge in [-0.2, -0.15) is 0 Å². The molecule has 0 saturated carbocycles. The van der Waals surface area contributed by atoms with Crippen molar-refractivity contribution < 1.29 is 5.11 Å². The van der Waals surface area contributed by atoms with E-state index < -0.39 is 0 Å². The molecule has 1 heterocycles. The zero-order valence-corrected chi connectivity index (χ0v) is 15.1. The smallest absolute Gasteiger partial charge is 0.134 e. The van der Waals surface area contributed by atoms with Gasteiger partial charge in [-0.15, -0.1) is 0 Å². The predicted molar refractivity (Wildman–Crippen MR) is 103 cm³/mol. The van der Waals surface area contributed by atoms with Gasteiger partial charge in [-0.05, 0) is 64.0 Å². The summed E-state index contributed by atoms with van der Waals surface area (Å²) >= 11 is 2.23. The molecule has 0 bridgehead atoms. The Morgan fingerprint density at radius 1 is 1.09 bits per heavy atom. The van der Waals surface area contributed by atoms with Crippen LogP contribution in [0.25, 0.3) is 10.8 Å². The monoisotopic (exact) mass is 415 g/mol. The van der Waals surface area contributed by atoms with E-state index in [1.54, 1.807) is 0 Å². The molecule has 0 saturated heterocycles. The number of phenols is 1. The fraction of sp³-hybridized carbons (Fsp3) is 0.200. The van der Waals surface area contributed by atoms with Gasteiger partial charge in [-0.3, -0.25) is 4.90 Å². The molecule has 3 aromatic carbocycles. The van der Waals surface area contributed by atoms with Crippen molar-refractivity contribution in [1.29, 1.82) is 0 Å². The van der Waals surface area contributed by atoms with Crippen LogP contribution in [0.15, 0.2) is 54.6 Å². The van der Waals surface area contributed by atoms with E-state index in [1.165, 1.54) is 16.5 Å². The molecule has 0 spiro atoms. The highest BCUT2D eigenvalue weighted by molar-refractivity contribution is 14.1. The minimum absolute atomic E-state index is 0.0968. The van der Waals surface area contributed by atoms with Crippen molar-refractivity contribution >= 4 is 33.4 Å². The third-order valence-corrected chi connectivity index (χ3v) is 5.63. The average Bonchev–Trinajstić information content (AvgIpc) is 2.57. The average molecular weight is 415 g/mol. The van der Waals surface area contributed by atoms with E-state index in [1.807, 2.05) is 6.07 Å². The van der Waals surface area contributed by atoms with Gasteiger partial charge in [0.15, 0.2) is 0 Å². The first-order valence-electron chi connectivity index (χ1n) is 7.85. The van der Waals surface area contributed by atoms with E-state index in [4.69, 9.17) is 0 Å². The number of likely N-dealkylation sites (N-methyl/N-ethyl adjacent to an activating group) is 1. The van der Waals surface area contributed by atoms with Crippen molar-refractivity contribution in [2.75, 3.05) is 13.6 Å². The van der Waals surface area contributed by atoms with Crippen LogP contribution >= 0.6 is 22.6 Å². The first-order valence-corrected chi connectivity index (χ1v) is 8.93. The zero-order valence-electron chi connectivity index (χ0n) is 13.0. The first kappa shape index (κ1) is 15.0. The Kier molecular flexibility index (Phi) is 3.77. The van der Waals surface area contributed by atoms with Crippen LogP contribution in [0.5, 0.6) is 5.75 Å². The lowest BCUT2D eigenvalue weighted by atomic mass is 9.86. The van der Waals surface area contributed by atoms with E-state index in [0.29, 0.717) is 5.75 Å². The molecule has 116 valence electrons. The Morgan fingerprint density at radius 2 is 1.83 bits per heavy atom. The van der Waals surface area contributed by atoms with Crippen LogP contribution in [0.1, 0.15) is 22.7 Å². The van der Waals surface area contributed by atoms with Gasteiger partial charge in [0.05, 0.1) is 9.61 Å². The number of hydrogen-bond acceptors (Lipinski definition) is 2. The maximum atomic E-state index is 10.9. The summed E-state index contributed by atoms with van der Waals surface area (Å²) in [6, 6.07) is 19.1. The Morgan fingerprint density at radius 3 is 2.70 bits per heavy atom. The number of benzene rings is 3. The summed E-state index contributed by atoms with van der Waals surface area (Å²) in [6.07, 6.45) is 1.06. The number of hydrogen-bond donors (Lipinski definition) is 1. The second kappa shape index (κ2) is 5.80. The molecule has 0 aromatic heterocycles. The largest absolute Gasteiger partial charge is 0.506 e. The molecule has 23 heavy (non-hydrogen) atoms. The lowest BCUT2D eigenvalue weighted by Crippen LogP contribution is -2.33. The Labute approximate surface area is 149 Å². The van der Waals surface area contributed by atoms with Gasteiger partial charge in [0.1, 0.15) is 5.75 Å². The molecule has 1 atom stereocenters. The predicted octanol–water partition coefficient (Wildman–Crippen LogP) is 4.73.